The number of anilines is 8. The Bertz CT molecular complexity index is 2490. The minimum atomic E-state index is 1.09. The smallest absolute Gasteiger partial charge is 0.0462 e. The number of hydrogen-bond donors (Lipinski definition) is 0. The van der Waals surface area contributed by atoms with Gasteiger partial charge in [0.15, 0.2) is 0 Å². The third-order valence-electron chi connectivity index (χ3n) is 10.4. The van der Waals surface area contributed by atoms with Gasteiger partial charge in [-0.2, -0.15) is 0 Å². The Morgan fingerprint density at radius 1 is 0.281 bits per heavy atom. The van der Waals surface area contributed by atoms with Crippen LogP contribution in [0.3, 0.4) is 0 Å². The minimum Gasteiger partial charge on any atom is -0.317 e. The predicted octanol–water partition coefficient (Wildman–Crippen LogP) is 15.3. The number of aryl methyl sites for hydroxylation is 4. The molecule has 0 atom stereocenters. The van der Waals surface area contributed by atoms with Crippen LogP contribution in [-0.2, 0) is 0 Å². The van der Waals surface area contributed by atoms with Crippen molar-refractivity contribution < 1.29 is 0 Å². The maximum Gasteiger partial charge on any atom is 0.0462 e. The van der Waals surface area contributed by atoms with Gasteiger partial charge in [-0.15, -0.1) is 0 Å². The van der Waals surface area contributed by atoms with E-state index in [0.29, 0.717) is 0 Å². The molecule has 3 nitrogen and oxygen atoms in total. The highest BCUT2D eigenvalue weighted by Crippen LogP contribution is 2.38. The van der Waals surface area contributed by atoms with Crippen LogP contribution < -0.4 is 14.7 Å². The van der Waals surface area contributed by atoms with Crippen LogP contribution in [0, 0.1) is 27.7 Å². The zero-order chi connectivity index (χ0) is 39.1. The lowest BCUT2D eigenvalue weighted by Gasteiger charge is -2.26. The number of nitrogens with zero attached hydrogens (tertiary/aromatic N) is 3. The van der Waals surface area contributed by atoms with Gasteiger partial charge in [0.25, 0.3) is 0 Å². The third-order valence-corrected chi connectivity index (χ3v) is 10.4. The first-order valence-electron chi connectivity index (χ1n) is 19.6. The normalized spacial score (nSPS) is 11.1. The molecule has 0 fully saturated rings. The fraction of sp³-hybridized carbons (Fsp3) is 0.0741. The molecular formula is C54H47N3. The van der Waals surface area contributed by atoms with Crippen molar-refractivity contribution in [2.24, 2.45) is 0 Å². The van der Waals surface area contributed by atoms with E-state index in [1.54, 1.807) is 0 Å². The molecule has 3 heteroatoms. The Kier molecular flexibility index (Phi) is 10.8. The molecule has 0 radical (unpaired) electrons. The largest absolute Gasteiger partial charge is 0.317 e. The van der Waals surface area contributed by atoms with Gasteiger partial charge in [-0.05, 0) is 148 Å². The van der Waals surface area contributed by atoms with Crippen molar-refractivity contribution in [2.45, 2.75) is 27.7 Å². The van der Waals surface area contributed by atoms with Crippen molar-refractivity contribution in [1.29, 1.82) is 0 Å². The molecule has 0 aliphatic carbocycles. The van der Waals surface area contributed by atoms with E-state index in [4.69, 9.17) is 0 Å². The van der Waals surface area contributed by atoms with Crippen molar-refractivity contribution in [2.75, 3.05) is 14.7 Å². The standard InChI is InChI=1S/C54H47N3/c1-40-10-24-47(25-11-40)55(39-38-44-18-32-53(33-19-44)57(51-28-14-42(3)15-29-51)52-30-16-43(4)17-31-52)48-34-20-45(21-35-48)46-22-36-54(37-23-46)56(49-8-6-5-7-9-49)50-26-12-41(2)13-27-50/h5-39H,1-4H3/b39-38+. The summed E-state index contributed by atoms with van der Waals surface area (Å²) in [6.07, 6.45) is 4.36. The second-order valence-corrected chi connectivity index (χ2v) is 14.7. The van der Waals surface area contributed by atoms with Crippen molar-refractivity contribution >= 4 is 51.6 Å². The SMILES string of the molecule is Cc1ccc(N(/C=C/c2ccc(N(c3ccc(C)cc3)c3ccc(C)cc3)cc2)c2ccc(-c3ccc(N(c4ccccc4)c4ccc(C)cc4)cc3)cc2)cc1. The van der Waals surface area contributed by atoms with Crippen LogP contribution in [0.25, 0.3) is 17.2 Å². The molecule has 0 spiro atoms. The van der Waals surface area contributed by atoms with Crippen LogP contribution in [0.2, 0.25) is 0 Å². The molecule has 0 heterocycles. The molecule has 0 aromatic heterocycles. The van der Waals surface area contributed by atoms with E-state index in [2.05, 4.69) is 255 Å². The fourth-order valence-corrected chi connectivity index (χ4v) is 7.09. The lowest BCUT2D eigenvalue weighted by molar-refractivity contribution is 1.26. The summed E-state index contributed by atoms with van der Waals surface area (Å²) in [4.78, 5) is 6.86. The molecular weight excluding hydrogens is 691 g/mol. The molecule has 0 saturated heterocycles. The summed E-state index contributed by atoms with van der Waals surface area (Å²) < 4.78 is 0. The Hall–Kier alpha value is -7.10. The topological polar surface area (TPSA) is 9.72 Å². The second kappa shape index (κ2) is 16.7. The van der Waals surface area contributed by atoms with Crippen LogP contribution >= 0.6 is 0 Å². The molecule has 0 bridgehead atoms. The number of rotatable bonds is 11. The van der Waals surface area contributed by atoms with Crippen LogP contribution in [0.4, 0.5) is 45.5 Å². The maximum atomic E-state index is 2.31. The van der Waals surface area contributed by atoms with Gasteiger partial charge in [0, 0.05) is 51.7 Å². The van der Waals surface area contributed by atoms with E-state index < -0.39 is 0 Å². The first-order valence-corrected chi connectivity index (χ1v) is 19.6. The lowest BCUT2D eigenvalue weighted by atomic mass is 10.0. The summed E-state index contributed by atoms with van der Waals surface area (Å²) in [7, 11) is 0. The van der Waals surface area contributed by atoms with E-state index in [9.17, 15) is 0 Å². The highest BCUT2D eigenvalue weighted by Gasteiger charge is 2.14. The quantitative estimate of drug-likeness (QED) is 0.131. The second-order valence-electron chi connectivity index (χ2n) is 14.7. The molecule has 57 heavy (non-hydrogen) atoms. The number of hydrogen-bond acceptors (Lipinski definition) is 3. The predicted molar refractivity (Wildman–Crippen MR) is 244 cm³/mol. The summed E-state index contributed by atoms with van der Waals surface area (Å²) >= 11 is 0. The summed E-state index contributed by atoms with van der Waals surface area (Å²) in [5.74, 6) is 0. The monoisotopic (exact) mass is 737 g/mol. The van der Waals surface area contributed by atoms with Gasteiger partial charge in [-0.3, -0.25) is 0 Å². The van der Waals surface area contributed by atoms with Gasteiger partial charge >= 0.3 is 0 Å². The summed E-state index contributed by atoms with van der Waals surface area (Å²) in [5.41, 5.74) is 17.4. The van der Waals surface area contributed by atoms with Gasteiger partial charge < -0.3 is 14.7 Å². The first kappa shape index (κ1) is 36.9. The van der Waals surface area contributed by atoms with Crippen LogP contribution in [0.5, 0.6) is 0 Å². The van der Waals surface area contributed by atoms with Crippen LogP contribution in [-0.4, -0.2) is 0 Å². The molecule has 0 unspecified atom stereocenters. The summed E-state index contributed by atoms with van der Waals surface area (Å²) in [6.45, 7) is 8.50. The summed E-state index contributed by atoms with van der Waals surface area (Å²) in [6, 6.07) is 71.9. The highest BCUT2D eigenvalue weighted by molar-refractivity contribution is 5.80. The number of para-hydroxylation sites is 1. The Morgan fingerprint density at radius 2 is 0.561 bits per heavy atom. The van der Waals surface area contributed by atoms with Crippen molar-refractivity contribution in [3.8, 4) is 11.1 Å². The Balaban J connectivity index is 1.05. The third kappa shape index (κ3) is 8.59. The van der Waals surface area contributed by atoms with Gasteiger partial charge in [0.2, 0.25) is 0 Å². The first-order chi connectivity index (χ1) is 27.9. The molecule has 0 aliphatic rings. The Labute approximate surface area is 338 Å². The molecule has 0 amide bonds. The fourth-order valence-electron chi connectivity index (χ4n) is 7.09. The maximum absolute atomic E-state index is 2.31. The van der Waals surface area contributed by atoms with E-state index in [1.165, 1.54) is 33.4 Å². The van der Waals surface area contributed by atoms with E-state index in [0.717, 1.165) is 51.1 Å². The highest BCUT2D eigenvalue weighted by atomic mass is 15.1. The van der Waals surface area contributed by atoms with E-state index >= 15 is 0 Å². The van der Waals surface area contributed by atoms with Crippen molar-refractivity contribution in [3.05, 3.63) is 234 Å². The van der Waals surface area contributed by atoms with E-state index in [1.807, 2.05) is 0 Å². The zero-order valence-corrected chi connectivity index (χ0v) is 33.0. The average molecular weight is 738 g/mol. The van der Waals surface area contributed by atoms with Crippen molar-refractivity contribution in [1.82, 2.24) is 0 Å². The average Bonchev–Trinajstić information content (AvgIpc) is 3.25. The molecule has 0 aliphatic heterocycles. The number of benzene rings is 8. The molecule has 0 saturated carbocycles. The zero-order valence-electron chi connectivity index (χ0n) is 33.0. The lowest BCUT2D eigenvalue weighted by Crippen LogP contribution is -2.10. The Morgan fingerprint density at radius 3 is 0.930 bits per heavy atom. The molecule has 0 N–H and O–H groups in total. The van der Waals surface area contributed by atoms with Crippen LogP contribution in [0.1, 0.15) is 27.8 Å². The summed E-state index contributed by atoms with van der Waals surface area (Å²) in [5, 5.41) is 0. The van der Waals surface area contributed by atoms with Gasteiger partial charge in [0.1, 0.15) is 0 Å². The molecule has 8 aromatic rings. The van der Waals surface area contributed by atoms with E-state index in [-0.39, 0.29) is 0 Å². The van der Waals surface area contributed by atoms with Crippen molar-refractivity contribution in [3.63, 3.8) is 0 Å². The molecule has 8 rings (SSSR count). The van der Waals surface area contributed by atoms with Gasteiger partial charge in [-0.1, -0.05) is 125 Å². The molecule has 278 valence electrons. The van der Waals surface area contributed by atoms with Gasteiger partial charge in [-0.25, -0.2) is 0 Å². The van der Waals surface area contributed by atoms with Gasteiger partial charge in [0.05, 0.1) is 0 Å². The minimum absolute atomic E-state index is 1.09. The molecule has 8 aromatic carbocycles. The van der Waals surface area contributed by atoms with Crippen LogP contribution in [0.15, 0.2) is 206 Å².